The molecule has 0 saturated heterocycles. The highest BCUT2D eigenvalue weighted by Gasteiger charge is 2.31. The van der Waals surface area contributed by atoms with Crippen LogP contribution in [0.4, 0.5) is 13.2 Å². The van der Waals surface area contributed by atoms with Gasteiger partial charge in [-0.2, -0.15) is 13.2 Å². The molecule has 0 radical (unpaired) electrons. The molecule has 0 N–H and O–H groups in total. The highest BCUT2D eigenvalue weighted by atomic mass is 79.9. The molecule has 0 fully saturated rings. The molecule has 2 aromatic heterocycles. The summed E-state index contributed by atoms with van der Waals surface area (Å²) in [6, 6.07) is 6.89. The van der Waals surface area contributed by atoms with E-state index in [0.717, 1.165) is 12.1 Å². The van der Waals surface area contributed by atoms with Crippen LogP contribution in [0.1, 0.15) is 28.8 Å². The molecule has 25 heavy (non-hydrogen) atoms. The maximum atomic E-state index is 12.9. The van der Waals surface area contributed by atoms with E-state index in [-0.39, 0.29) is 18.9 Å². The number of carbonyl (C=O) groups excluding carboxylic acids is 1. The number of nitrogens with zero attached hydrogens (tertiary/aromatic N) is 1. The largest absolute Gasteiger partial charge is 0.460 e. The summed E-state index contributed by atoms with van der Waals surface area (Å²) in [5.41, 5.74) is -0.102. The van der Waals surface area contributed by atoms with Gasteiger partial charge in [-0.15, -0.1) is 0 Å². The molecule has 132 valence electrons. The molecule has 8 heteroatoms. The number of benzene rings is 1. The van der Waals surface area contributed by atoms with Crippen LogP contribution in [0.5, 0.6) is 0 Å². The van der Waals surface area contributed by atoms with Gasteiger partial charge in [-0.25, -0.2) is 4.79 Å². The van der Waals surface area contributed by atoms with Crippen molar-refractivity contribution >= 4 is 32.8 Å². The van der Waals surface area contributed by atoms with Crippen LogP contribution in [0.15, 0.2) is 45.4 Å². The molecule has 3 aromatic rings. The minimum Gasteiger partial charge on any atom is -0.460 e. The SMILES string of the molecule is CCOC(=O)c1ccc(Cn2ccc3cc(C(F)(F)F)cc(Br)c32)o1. The molecule has 4 nitrogen and oxygen atoms in total. The van der Waals surface area contributed by atoms with E-state index in [4.69, 9.17) is 9.15 Å². The molecule has 0 spiro atoms. The Hall–Kier alpha value is -2.22. The van der Waals surface area contributed by atoms with Crippen LogP contribution in [0, 0.1) is 0 Å². The molecule has 0 unspecified atom stereocenters. The fraction of sp³-hybridized carbons (Fsp3) is 0.235. The third-order valence-electron chi connectivity index (χ3n) is 3.61. The first-order valence-electron chi connectivity index (χ1n) is 7.41. The van der Waals surface area contributed by atoms with E-state index in [1.165, 1.54) is 6.07 Å². The number of ether oxygens (including phenoxy) is 1. The van der Waals surface area contributed by atoms with E-state index in [9.17, 15) is 18.0 Å². The molecule has 0 aliphatic rings. The van der Waals surface area contributed by atoms with Crippen molar-refractivity contribution in [1.82, 2.24) is 4.57 Å². The maximum Gasteiger partial charge on any atom is 0.416 e. The first-order valence-corrected chi connectivity index (χ1v) is 8.20. The number of carbonyl (C=O) groups is 1. The number of alkyl halides is 3. The van der Waals surface area contributed by atoms with Crippen LogP contribution in [-0.4, -0.2) is 17.1 Å². The second-order valence-corrected chi connectivity index (χ2v) is 6.18. The Morgan fingerprint density at radius 1 is 1.28 bits per heavy atom. The lowest BCUT2D eigenvalue weighted by molar-refractivity contribution is -0.137. The van der Waals surface area contributed by atoms with Crippen molar-refractivity contribution in [3.63, 3.8) is 0 Å². The Morgan fingerprint density at radius 3 is 2.72 bits per heavy atom. The van der Waals surface area contributed by atoms with Crippen molar-refractivity contribution in [3.8, 4) is 0 Å². The summed E-state index contributed by atoms with van der Waals surface area (Å²) in [4.78, 5) is 11.6. The zero-order valence-corrected chi connectivity index (χ0v) is 14.6. The fourth-order valence-electron chi connectivity index (χ4n) is 2.53. The standard InChI is InChI=1S/C17H13BrF3NO3/c1-2-24-16(23)14-4-3-12(25-14)9-22-6-5-10-7-11(17(19,20)21)8-13(18)15(10)22/h3-8H,2,9H2,1H3. The molecule has 0 atom stereocenters. The molecule has 2 heterocycles. The van der Waals surface area contributed by atoms with Gasteiger partial charge in [0.15, 0.2) is 0 Å². The van der Waals surface area contributed by atoms with Crippen LogP contribution in [0.2, 0.25) is 0 Å². The van der Waals surface area contributed by atoms with Crippen molar-refractivity contribution in [2.75, 3.05) is 6.61 Å². The Bertz CT molecular complexity index is 927. The second-order valence-electron chi connectivity index (χ2n) is 5.32. The number of fused-ring (bicyclic) bond motifs is 1. The lowest BCUT2D eigenvalue weighted by Gasteiger charge is -2.10. The maximum absolute atomic E-state index is 12.9. The predicted molar refractivity (Wildman–Crippen MR) is 88.4 cm³/mol. The van der Waals surface area contributed by atoms with E-state index >= 15 is 0 Å². The number of esters is 1. The van der Waals surface area contributed by atoms with Crippen LogP contribution in [0.3, 0.4) is 0 Å². The number of furan rings is 1. The molecule has 1 aromatic carbocycles. The molecule has 0 bridgehead atoms. The quantitative estimate of drug-likeness (QED) is 0.547. The summed E-state index contributed by atoms with van der Waals surface area (Å²) >= 11 is 3.21. The van der Waals surface area contributed by atoms with E-state index in [1.54, 1.807) is 29.8 Å². The summed E-state index contributed by atoms with van der Waals surface area (Å²) in [6.45, 7) is 2.21. The molecule has 0 aliphatic carbocycles. The minimum atomic E-state index is -4.41. The molecular weight excluding hydrogens is 403 g/mol. The molecule has 0 aliphatic heterocycles. The van der Waals surface area contributed by atoms with Gasteiger partial charge in [0.25, 0.3) is 0 Å². The Kier molecular flexibility index (Phi) is 4.64. The predicted octanol–water partition coefficient (Wildman–Crippen LogP) is 5.24. The summed E-state index contributed by atoms with van der Waals surface area (Å²) in [6.07, 6.45) is -2.74. The van der Waals surface area contributed by atoms with E-state index in [2.05, 4.69) is 15.9 Å². The Morgan fingerprint density at radius 2 is 2.04 bits per heavy atom. The number of aromatic nitrogens is 1. The van der Waals surface area contributed by atoms with Crippen molar-refractivity contribution in [2.45, 2.75) is 19.6 Å². The lowest BCUT2D eigenvalue weighted by atomic mass is 10.1. The average molecular weight is 416 g/mol. The van der Waals surface area contributed by atoms with E-state index < -0.39 is 17.7 Å². The molecule has 0 amide bonds. The number of rotatable bonds is 4. The molecule has 3 rings (SSSR count). The smallest absolute Gasteiger partial charge is 0.416 e. The number of hydrogen-bond acceptors (Lipinski definition) is 3. The lowest BCUT2D eigenvalue weighted by Crippen LogP contribution is -2.05. The van der Waals surface area contributed by atoms with Crippen LogP contribution in [-0.2, 0) is 17.5 Å². The average Bonchev–Trinajstić information content (AvgIpc) is 3.15. The highest BCUT2D eigenvalue weighted by Crippen LogP contribution is 2.36. The third kappa shape index (κ3) is 3.58. The zero-order chi connectivity index (χ0) is 18.2. The van der Waals surface area contributed by atoms with Crippen molar-refractivity contribution < 1.29 is 27.1 Å². The second kappa shape index (κ2) is 6.59. The van der Waals surface area contributed by atoms with Crippen LogP contribution in [0.25, 0.3) is 10.9 Å². The van der Waals surface area contributed by atoms with Gasteiger partial charge in [0.05, 0.1) is 24.2 Å². The van der Waals surface area contributed by atoms with Gasteiger partial charge in [-0.1, -0.05) is 0 Å². The summed E-state index contributed by atoms with van der Waals surface area (Å²) < 4.78 is 51.1. The monoisotopic (exact) mass is 415 g/mol. The Labute approximate surface area is 149 Å². The number of halogens is 4. The van der Waals surface area contributed by atoms with E-state index in [0.29, 0.717) is 21.1 Å². The summed E-state index contributed by atoms with van der Waals surface area (Å²) in [5, 5.41) is 0.457. The van der Waals surface area contributed by atoms with Gasteiger partial charge in [0, 0.05) is 16.1 Å². The highest BCUT2D eigenvalue weighted by molar-refractivity contribution is 9.10. The molecular formula is C17H13BrF3NO3. The summed E-state index contributed by atoms with van der Waals surface area (Å²) in [5.74, 6) is 0.0289. The van der Waals surface area contributed by atoms with Crippen LogP contribution >= 0.6 is 15.9 Å². The minimum absolute atomic E-state index is 0.0896. The number of hydrogen-bond donors (Lipinski definition) is 0. The first-order chi connectivity index (χ1) is 11.8. The zero-order valence-electron chi connectivity index (χ0n) is 13.1. The van der Waals surface area contributed by atoms with E-state index in [1.807, 2.05) is 0 Å². The Balaban J connectivity index is 1.91. The summed E-state index contributed by atoms with van der Waals surface area (Å²) in [7, 11) is 0. The van der Waals surface area contributed by atoms with Gasteiger partial charge in [0.2, 0.25) is 5.76 Å². The normalized spacial score (nSPS) is 11.9. The van der Waals surface area contributed by atoms with Gasteiger partial charge < -0.3 is 13.7 Å². The van der Waals surface area contributed by atoms with Crippen LogP contribution < -0.4 is 0 Å². The van der Waals surface area contributed by atoms with Gasteiger partial charge in [0.1, 0.15) is 5.76 Å². The van der Waals surface area contributed by atoms with Gasteiger partial charge in [-0.3, -0.25) is 0 Å². The van der Waals surface area contributed by atoms with Crippen molar-refractivity contribution in [1.29, 1.82) is 0 Å². The van der Waals surface area contributed by atoms with Gasteiger partial charge >= 0.3 is 12.1 Å². The fourth-order valence-corrected chi connectivity index (χ4v) is 3.24. The first kappa shape index (κ1) is 17.6. The van der Waals surface area contributed by atoms with Crippen molar-refractivity contribution in [3.05, 3.63) is 58.1 Å². The van der Waals surface area contributed by atoms with Gasteiger partial charge in [-0.05, 0) is 53.2 Å². The van der Waals surface area contributed by atoms with Crippen molar-refractivity contribution in [2.24, 2.45) is 0 Å². The third-order valence-corrected chi connectivity index (χ3v) is 4.21. The topological polar surface area (TPSA) is 44.4 Å². The molecule has 0 saturated carbocycles.